The lowest BCUT2D eigenvalue weighted by Crippen LogP contribution is -2.40. The predicted octanol–water partition coefficient (Wildman–Crippen LogP) is 1.98. The Kier molecular flexibility index (Phi) is 3.38. The minimum atomic E-state index is 0.423. The lowest BCUT2D eigenvalue weighted by molar-refractivity contribution is -0.0188. The third-order valence-electron chi connectivity index (χ3n) is 2.93. The summed E-state index contributed by atoms with van der Waals surface area (Å²) in [7, 11) is 2.17. The number of morpholine rings is 1. The third kappa shape index (κ3) is 2.69. The molecule has 0 amide bonds. The molecule has 1 heterocycles. The van der Waals surface area contributed by atoms with E-state index < -0.39 is 0 Å². The lowest BCUT2D eigenvalue weighted by atomic mass is 9.98. The van der Waals surface area contributed by atoms with Crippen LogP contribution in [0.1, 0.15) is 19.3 Å². The van der Waals surface area contributed by atoms with E-state index in [4.69, 9.17) is 4.74 Å². The smallest absolute Gasteiger partial charge is 0.0739 e. The number of hydrogen-bond acceptors (Lipinski definition) is 2. The summed E-state index contributed by atoms with van der Waals surface area (Å²) in [5.41, 5.74) is 1.55. The van der Waals surface area contributed by atoms with Gasteiger partial charge in [0.2, 0.25) is 0 Å². The first kappa shape index (κ1) is 9.94. The van der Waals surface area contributed by atoms with Crippen molar-refractivity contribution in [3.05, 3.63) is 23.8 Å². The van der Waals surface area contributed by atoms with Gasteiger partial charge in [0.25, 0.3) is 0 Å². The van der Waals surface area contributed by atoms with Crippen molar-refractivity contribution in [1.82, 2.24) is 4.90 Å². The van der Waals surface area contributed by atoms with Crippen molar-refractivity contribution >= 4 is 0 Å². The van der Waals surface area contributed by atoms with E-state index in [1.165, 1.54) is 12.8 Å². The number of likely N-dealkylation sites (N-methyl/N-ethyl adjacent to an activating group) is 1. The Labute approximate surface area is 86.2 Å². The molecule has 0 aromatic carbocycles. The van der Waals surface area contributed by atoms with E-state index in [0.717, 1.165) is 26.1 Å². The molecule has 0 aromatic heterocycles. The van der Waals surface area contributed by atoms with Gasteiger partial charge in [0.1, 0.15) is 0 Å². The second-order valence-corrected chi connectivity index (χ2v) is 4.25. The van der Waals surface area contributed by atoms with Gasteiger partial charge in [0.05, 0.1) is 12.7 Å². The minimum absolute atomic E-state index is 0.423. The molecule has 14 heavy (non-hydrogen) atoms. The van der Waals surface area contributed by atoms with Gasteiger partial charge >= 0.3 is 0 Å². The Hall–Kier alpha value is -0.600. The number of allylic oxidation sites excluding steroid dienone is 3. The van der Waals surface area contributed by atoms with Crippen molar-refractivity contribution in [2.75, 3.05) is 26.7 Å². The molecule has 2 heteroatoms. The van der Waals surface area contributed by atoms with E-state index in [9.17, 15) is 0 Å². The number of nitrogens with zero attached hydrogens (tertiary/aromatic N) is 1. The molecule has 2 nitrogen and oxygen atoms in total. The van der Waals surface area contributed by atoms with Gasteiger partial charge in [-0.2, -0.15) is 0 Å². The number of hydrogen-bond donors (Lipinski definition) is 0. The van der Waals surface area contributed by atoms with E-state index in [-0.39, 0.29) is 0 Å². The van der Waals surface area contributed by atoms with Gasteiger partial charge in [-0.3, -0.25) is 0 Å². The summed E-state index contributed by atoms with van der Waals surface area (Å²) < 4.78 is 5.74. The summed E-state index contributed by atoms with van der Waals surface area (Å²) >= 11 is 0. The summed E-state index contributed by atoms with van der Waals surface area (Å²) in [4.78, 5) is 2.35. The quantitative estimate of drug-likeness (QED) is 0.665. The molecule has 1 fully saturated rings. The highest BCUT2D eigenvalue weighted by Crippen LogP contribution is 2.20. The van der Waals surface area contributed by atoms with Crippen molar-refractivity contribution in [3.8, 4) is 0 Å². The maximum absolute atomic E-state index is 5.74. The van der Waals surface area contributed by atoms with E-state index in [2.05, 4.69) is 30.2 Å². The highest BCUT2D eigenvalue weighted by atomic mass is 16.5. The molecule has 1 aliphatic heterocycles. The van der Waals surface area contributed by atoms with Crippen LogP contribution in [0.5, 0.6) is 0 Å². The molecule has 2 aliphatic rings. The fourth-order valence-corrected chi connectivity index (χ4v) is 2.11. The Morgan fingerprint density at radius 2 is 2.50 bits per heavy atom. The summed E-state index contributed by atoms with van der Waals surface area (Å²) in [6, 6.07) is 0. The Bertz CT molecular complexity index is 245. The van der Waals surface area contributed by atoms with Gasteiger partial charge < -0.3 is 9.64 Å². The van der Waals surface area contributed by atoms with E-state index >= 15 is 0 Å². The zero-order valence-electron chi connectivity index (χ0n) is 8.91. The molecule has 0 N–H and O–H groups in total. The monoisotopic (exact) mass is 193 g/mol. The van der Waals surface area contributed by atoms with E-state index in [1.807, 2.05) is 0 Å². The maximum Gasteiger partial charge on any atom is 0.0739 e. The summed E-state index contributed by atoms with van der Waals surface area (Å²) in [5, 5.41) is 0. The average molecular weight is 193 g/mol. The molecule has 1 saturated heterocycles. The van der Waals surface area contributed by atoms with Gasteiger partial charge in [0, 0.05) is 13.1 Å². The molecule has 78 valence electrons. The molecular weight excluding hydrogens is 174 g/mol. The van der Waals surface area contributed by atoms with E-state index in [1.54, 1.807) is 5.57 Å². The summed E-state index contributed by atoms with van der Waals surface area (Å²) in [5.74, 6) is 0. The Morgan fingerprint density at radius 3 is 3.21 bits per heavy atom. The minimum Gasteiger partial charge on any atom is -0.375 e. The highest BCUT2D eigenvalue weighted by Gasteiger charge is 2.18. The first-order valence-electron chi connectivity index (χ1n) is 5.49. The van der Waals surface area contributed by atoms with Crippen molar-refractivity contribution in [2.45, 2.75) is 25.4 Å². The van der Waals surface area contributed by atoms with Crippen LogP contribution in [-0.4, -0.2) is 37.7 Å². The molecular formula is C12H19NO. The van der Waals surface area contributed by atoms with Gasteiger partial charge in [-0.1, -0.05) is 23.8 Å². The van der Waals surface area contributed by atoms with Crippen molar-refractivity contribution in [1.29, 1.82) is 0 Å². The molecule has 0 aromatic rings. The van der Waals surface area contributed by atoms with Gasteiger partial charge in [-0.05, 0) is 26.3 Å². The van der Waals surface area contributed by atoms with Crippen LogP contribution in [-0.2, 0) is 4.74 Å². The zero-order chi connectivity index (χ0) is 9.80. The molecule has 1 atom stereocenters. The zero-order valence-corrected chi connectivity index (χ0v) is 8.91. The number of ether oxygens (including phenoxy) is 1. The fourth-order valence-electron chi connectivity index (χ4n) is 2.11. The second-order valence-electron chi connectivity index (χ2n) is 4.25. The standard InChI is InChI=1S/C12H19NO/c1-13-7-8-14-12(10-13)9-11-5-3-2-4-6-11/h2-3,5,12H,4,6-10H2,1H3. The van der Waals surface area contributed by atoms with Crippen LogP contribution in [0.4, 0.5) is 0 Å². The van der Waals surface area contributed by atoms with Crippen LogP contribution in [0.15, 0.2) is 23.8 Å². The van der Waals surface area contributed by atoms with E-state index in [0.29, 0.717) is 6.10 Å². The number of rotatable bonds is 2. The van der Waals surface area contributed by atoms with Crippen LogP contribution in [0.25, 0.3) is 0 Å². The van der Waals surface area contributed by atoms with Crippen LogP contribution in [0, 0.1) is 0 Å². The van der Waals surface area contributed by atoms with Crippen LogP contribution in [0.2, 0.25) is 0 Å². The summed E-state index contributed by atoms with van der Waals surface area (Å²) in [6.07, 6.45) is 10.6. The van der Waals surface area contributed by atoms with Crippen molar-refractivity contribution in [2.24, 2.45) is 0 Å². The molecule has 2 rings (SSSR count). The highest BCUT2D eigenvalue weighted by molar-refractivity contribution is 5.18. The molecule has 0 saturated carbocycles. The topological polar surface area (TPSA) is 12.5 Å². The lowest BCUT2D eigenvalue weighted by Gasteiger charge is -2.30. The molecule has 1 aliphatic carbocycles. The first-order valence-corrected chi connectivity index (χ1v) is 5.49. The van der Waals surface area contributed by atoms with Crippen LogP contribution < -0.4 is 0 Å². The fraction of sp³-hybridized carbons (Fsp3) is 0.667. The van der Waals surface area contributed by atoms with Crippen molar-refractivity contribution < 1.29 is 4.74 Å². The summed E-state index contributed by atoms with van der Waals surface area (Å²) in [6.45, 7) is 3.06. The maximum atomic E-state index is 5.74. The average Bonchev–Trinajstić information content (AvgIpc) is 2.19. The Morgan fingerprint density at radius 1 is 1.57 bits per heavy atom. The molecule has 0 radical (unpaired) electrons. The van der Waals surface area contributed by atoms with Gasteiger partial charge in [0.15, 0.2) is 0 Å². The first-order chi connectivity index (χ1) is 6.84. The second kappa shape index (κ2) is 4.76. The third-order valence-corrected chi connectivity index (χ3v) is 2.93. The van der Waals surface area contributed by atoms with Gasteiger partial charge in [-0.15, -0.1) is 0 Å². The Balaban J connectivity index is 1.84. The largest absolute Gasteiger partial charge is 0.375 e. The van der Waals surface area contributed by atoms with Crippen molar-refractivity contribution in [3.63, 3.8) is 0 Å². The SMILES string of the molecule is CN1CCOC(CC2=CC=CCC2)C1. The van der Waals surface area contributed by atoms with Crippen LogP contribution in [0.3, 0.4) is 0 Å². The van der Waals surface area contributed by atoms with Gasteiger partial charge in [-0.25, -0.2) is 0 Å². The van der Waals surface area contributed by atoms with Crippen LogP contribution >= 0.6 is 0 Å². The molecule has 0 bridgehead atoms. The predicted molar refractivity (Wildman–Crippen MR) is 58.3 cm³/mol. The molecule has 1 unspecified atom stereocenters. The molecule has 0 spiro atoms. The normalized spacial score (nSPS) is 28.9.